The van der Waals surface area contributed by atoms with E-state index in [-0.39, 0.29) is 11.9 Å². The molecule has 1 fully saturated rings. The van der Waals surface area contributed by atoms with Crippen LogP contribution in [0.4, 0.5) is 10.1 Å². The fourth-order valence-electron chi connectivity index (χ4n) is 1.13. The number of ether oxygens (including phenoxy) is 1. The van der Waals surface area contributed by atoms with Crippen molar-refractivity contribution in [3.05, 3.63) is 30.1 Å². The van der Waals surface area contributed by atoms with Crippen molar-refractivity contribution in [1.29, 1.82) is 0 Å². The molecule has 1 aromatic carbocycles. The molecule has 4 heteroatoms. The lowest BCUT2D eigenvalue weighted by Crippen LogP contribution is -2.02. The largest absolute Gasteiger partial charge is 0.469 e. The lowest BCUT2D eigenvalue weighted by molar-refractivity contribution is 0.252. The Morgan fingerprint density at radius 1 is 1.50 bits per heavy atom. The van der Waals surface area contributed by atoms with Gasteiger partial charge in [0, 0.05) is 5.75 Å². The van der Waals surface area contributed by atoms with Crippen LogP contribution >= 0.6 is 11.8 Å². The van der Waals surface area contributed by atoms with Crippen LogP contribution in [0.3, 0.4) is 0 Å². The number of halogens is 1. The predicted molar refractivity (Wildman–Crippen MR) is 56.5 cm³/mol. The van der Waals surface area contributed by atoms with Gasteiger partial charge in [0.25, 0.3) is 5.23 Å². The zero-order valence-corrected chi connectivity index (χ0v) is 8.55. The van der Waals surface area contributed by atoms with Gasteiger partial charge in [0.15, 0.2) is 0 Å². The molecule has 2 nitrogen and oxygen atoms in total. The van der Waals surface area contributed by atoms with Crippen molar-refractivity contribution in [3.8, 4) is 0 Å². The van der Waals surface area contributed by atoms with Crippen molar-refractivity contribution < 1.29 is 9.13 Å². The summed E-state index contributed by atoms with van der Waals surface area (Å²) in [6.45, 7) is 1.97. The van der Waals surface area contributed by atoms with E-state index in [1.54, 1.807) is 18.2 Å². The summed E-state index contributed by atoms with van der Waals surface area (Å²) in [5.41, 5.74) is 0.337. The van der Waals surface area contributed by atoms with Crippen LogP contribution in [-0.2, 0) is 4.74 Å². The van der Waals surface area contributed by atoms with Crippen molar-refractivity contribution in [2.45, 2.75) is 13.0 Å². The van der Waals surface area contributed by atoms with Crippen LogP contribution in [0.5, 0.6) is 0 Å². The summed E-state index contributed by atoms with van der Waals surface area (Å²) in [6, 6.07) is 6.42. The molecule has 1 unspecified atom stereocenters. The smallest absolute Gasteiger partial charge is 0.251 e. The lowest BCUT2D eigenvalue weighted by atomic mass is 10.3. The van der Waals surface area contributed by atoms with E-state index in [9.17, 15) is 4.39 Å². The first-order valence-electron chi connectivity index (χ1n) is 4.38. The van der Waals surface area contributed by atoms with Crippen LogP contribution < -0.4 is 0 Å². The van der Waals surface area contributed by atoms with Crippen molar-refractivity contribution in [2.75, 3.05) is 5.75 Å². The first kappa shape index (κ1) is 9.52. The summed E-state index contributed by atoms with van der Waals surface area (Å²) in [4.78, 5) is 4.09. The fraction of sp³-hybridized carbons (Fsp3) is 0.300. The average Bonchev–Trinajstić information content (AvgIpc) is 2.56. The second-order valence-electron chi connectivity index (χ2n) is 3.07. The fourth-order valence-corrected chi connectivity index (χ4v) is 1.97. The van der Waals surface area contributed by atoms with Gasteiger partial charge >= 0.3 is 0 Å². The third-order valence-electron chi connectivity index (χ3n) is 1.81. The number of thioether (sulfide) groups is 1. The summed E-state index contributed by atoms with van der Waals surface area (Å²) in [7, 11) is 0. The van der Waals surface area contributed by atoms with E-state index < -0.39 is 0 Å². The van der Waals surface area contributed by atoms with Crippen molar-refractivity contribution in [2.24, 2.45) is 4.99 Å². The minimum atomic E-state index is -0.316. The summed E-state index contributed by atoms with van der Waals surface area (Å²) in [5.74, 6) is 0.566. The zero-order chi connectivity index (χ0) is 9.97. The predicted octanol–water partition coefficient (Wildman–Crippen LogP) is 2.97. The van der Waals surface area contributed by atoms with Gasteiger partial charge in [0.2, 0.25) is 0 Å². The van der Waals surface area contributed by atoms with Gasteiger partial charge in [0.1, 0.15) is 17.6 Å². The van der Waals surface area contributed by atoms with Crippen molar-refractivity contribution in [3.63, 3.8) is 0 Å². The molecule has 1 aromatic rings. The molecule has 1 atom stereocenters. The summed E-state index contributed by atoms with van der Waals surface area (Å²) in [5, 5.41) is 0.558. The van der Waals surface area contributed by atoms with Crippen LogP contribution in [-0.4, -0.2) is 17.1 Å². The van der Waals surface area contributed by atoms with Crippen LogP contribution in [0.2, 0.25) is 0 Å². The maximum absolute atomic E-state index is 13.2. The van der Waals surface area contributed by atoms with E-state index in [1.807, 2.05) is 6.92 Å². The third-order valence-corrected chi connectivity index (χ3v) is 2.88. The Kier molecular flexibility index (Phi) is 2.72. The Labute approximate surface area is 86.2 Å². The van der Waals surface area contributed by atoms with E-state index >= 15 is 0 Å². The number of rotatable bonds is 1. The van der Waals surface area contributed by atoms with Crippen LogP contribution in [0.1, 0.15) is 6.92 Å². The average molecular weight is 211 g/mol. The molecule has 0 aliphatic carbocycles. The van der Waals surface area contributed by atoms with Gasteiger partial charge in [-0.25, -0.2) is 9.38 Å². The second-order valence-corrected chi connectivity index (χ2v) is 4.04. The minimum absolute atomic E-state index is 0.172. The van der Waals surface area contributed by atoms with Gasteiger partial charge in [-0.15, -0.1) is 0 Å². The van der Waals surface area contributed by atoms with Crippen LogP contribution in [0.15, 0.2) is 29.3 Å². The number of hydrogen-bond donors (Lipinski definition) is 0. The summed E-state index contributed by atoms with van der Waals surface area (Å²) < 4.78 is 18.5. The first-order chi connectivity index (χ1) is 6.75. The van der Waals surface area contributed by atoms with Gasteiger partial charge in [-0.2, -0.15) is 0 Å². The number of hydrogen-bond acceptors (Lipinski definition) is 3. The maximum atomic E-state index is 13.2. The molecule has 74 valence electrons. The molecule has 0 aromatic heterocycles. The minimum Gasteiger partial charge on any atom is -0.469 e. The molecule has 2 rings (SSSR count). The second kappa shape index (κ2) is 4.00. The molecule has 1 heterocycles. The molecule has 0 radical (unpaired) electrons. The van der Waals surface area contributed by atoms with Gasteiger partial charge in [-0.1, -0.05) is 23.9 Å². The molecule has 0 amide bonds. The van der Waals surface area contributed by atoms with Gasteiger partial charge in [-0.3, -0.25) is 0 Å². The Bertz CT molecular complexity index is 367. The molecule has 0 spiro atoms. The zero-order valence-electron chi connectivity index (χ0n) is 7.74. The van der Waals surface area contributed by atoms with Crippen LogP contribution in [0, 0.1) is 5.82 Å². The molecule has 0 saturated carbocycles. The van der Waals surface area contributed by atoms with Crippen LogP contribution in [0.25, 0.3) is 0 Å². The highest BCUT2D eigenvalue weighted by Gasteiger charge is 2.18. The molecule has 0 bridgehead atoms. The lowest BCUT2D eigenvalue weighted by Gasteiger charge is -2.01. The number of para-hydroxylation sites is 1. The number of aliphatic imine (C=N–C) groups is 1. The van der Waals surface area contributed by atoms with Gasteiger partial charge in [-0.05, 0) is 19.1 Å². The van der Waals surface area contributed by atoms with E-state index in [4.69, 9.17) is 4.74 Å². The Balaban J connectivity index is 2.21. The third kappa shape index (κ3) is 2.07. The quantitative estimate of drug-likeness (QED) is 0.712. The highest BCUT2D eigenvalue weighted by molar-refractivity contribution is 8.13. The monoisotopic (exact) mass is 211 g/mol. The van der Waals surface area contributed by atoms with E-state index in [2.05, 4.69) is 4.99 Å². The maximum Gasteiger partial charge on any atom is 0.251 e. The molecular formula is C10H10FNOS. The SMILES string of the molecule is CC1CSC(=Nc2ccccc2F)O1. The van der Waals surface area contributed by atoms with E-state index in [0.717, 1.165) is 5.75 Å². The Hall–Kier alpha value is -1.03. The topological polar surface area (TPSA) is 21.6 Å². The standard InChI is InChI=1S/C10H10FNOS/c1-7-6-14-10(13-7)12-9-5-3-2-4-8(9)11/h2-5,7H,6H2,1H3. The highest BCUT2D eigenvalue weighted by Crippen LogP contribution is 2.24. The van der Waals surface area contributed by atoms with E-state index in [1.165, 1.54) is 17.8 Å². The van der Waals surface area contributed by atoms with Gasteiger partial charge < -0.3 is 4.74 Å². The molecule has 1 saturated heterocycles. The first-order valence-corrected chi connectivity index (χ1v) is 5.37. The van der Waals surface area contributed by atoms with E-state index in [0.29, 0.717) is 10.9 Å². The molecule has 1 aliphatic rings. The molecule has 14 heavy (non-hydrogen) atoms. The molecule has 0 N–H and O–H groups in total. The van der Waals surface area contributed by atoms with Crippen molar-refractivity contribution in [1.82, 2.24) is 0 Å². The summed E-state index contributed by atoms with van der Waals surface area (Å²) in [6.07, 6.45) is 0.172. The Morgan fingerprint density at radius 2 is 2.29 bits per heavy atom. The normalized spacial score (nSPS) is 23.9. The highest BCUT2D eigenvalue weighted by atomic mass is 32.2. The molecular weight excluding hydrogens is 201 g/mol. The molecule has 1 aliphatic heterocycles. The Morgan fingerprint density at radius 3 is 2.93 bits per heavy atom. The summed E-state index contributed by atoms with van der Waals surface area (Å²) >= 11 is 1.52. The van der Waals surface area contributed by atoms with Crippen molar-refractivity contribution >= 4 is 22.7 Å². The number of benzene rings is 1. The number of nitrogens with zero attached hydrogens (tertiary/aromatic N) is 1. The van der Waals surface area contributed by atoms with Gasteiger partial charge in [0.05, 0.1) is 0 Å².